The van der Waals surface area contributed by atoms with Crippen LogP contribution in [-0.4, -0.2) is 63.5 Å². The quantitative estimate of drug-likeness (QED) is 0.444. The molecule has 34 heavy (non-hydrogen) atoms. The highest BCUT2D eigenvalue weighted by molar-refractivity contribution is 7.99. The number of aromatic nitrogens is 4. The molecule has 0 saturated carbocycles. The molecule has 1 fully saturated rings. The average Bonchev–Trinajstić information content (AvgIpc) is 3.23. The number of hydrogen-bond donors (Lipinski definition) is 2. The normalized spacial score (nSPS) is 14.3. The lowest BCUT2D eigenvalue weighted by Crippen LogP contribution is -2.47. The summed E-state index contributed by atoms with van der Waals surface area (Å²) in [6.45, 7) is 10.7. The smallest absolute Gasteiger partial charge is 0.234 e. The molecule has 3 aromatic rings. The fourth-order valence-corrected chi connectivity index (χ4v) is 4.97. The fourth-order valence-electron chi connectivity index (χ4n) is 3.57. The van der Waals surface area contributed by atoms with E-state index in [4.69, 9.17) is 9.97 Å². The molecule has 4 rings (SSSR count). The molecule has 1 aliphatic heterocycles. The van der Waals surface area contributed by atoms with Crippen LogP contribution in [-0.2, 0) is 4.79 Å². The molecule has 11 heteroatoms. The molecule has 1 aliphatic rings. The highest BCUT2D eigenvalue weighted by atomic mass is 32.2. The van der Waals surface area contributed by atoms with E-state index < -0.39 is 0 Å². The van der Waals surface area contributed by atoms with E-state index in [9.17, 15) is 4.79 Å². The van der Waals surface area contributed by atoms with E-state index in [1.54, 1.807) is 11.3 Å². The summed E-state index contributed by atoms with van der Waals surface area (Å²) in [5, 5.41) is 7.40. The minimum Gasteiger partial charge on any atom is -0.338 e. The molecule has 1 amide bonds. The zero-order chi connectivity index (χ0) is 23.9. The van der Waals surface area contributed by atoms with E-state index in [1.165, 1.54) is 31.5 Å². The summed E-state index contributed by atoms with van der Waals surface area (Å²) in [5.41, 5.74) is 0.760. The molecule has 2 aromatic heterocycles. The first-order chi connectivity index (χ1) is 16.5. The third-order valence-corrected chi connectivity index (χ3v) is 7.01. The predicted octanol–water partition coefficient (Wildman–Crippen LogP) is 4.41. The Balaban J connectivity index is 1.53. The van der Waals surface area contributed by atoms with Crippen LogP contribution in [0.25, 0.3) is 0 Å². The van der Waals surface area contributed by atoms with Gasteiger partial charge in [0.25, 0.3) is 0 Å². The Morgan fingerprint density at radius 3 is 2.53 bits per heavy atom. The van der Waals surface area contributed by atoms with Crippen LogP contribution in [0.4, 0.5) is 22.7 Å². The number of aryl methyl sites for hydroxylation is 1. The SMILES string of the molecule is CCCCN1CCN(c2nc(Nc3ncc(C)s3)nc(Sc3ccc(NC(C)=O)cc3)n2)CC1. The first-order valence-electron chi connectivity index (χ1n) is 11.5. The molecule has 0 atom stereocenters. The third-order valence-electron chi connectivity index (χ3n) is 5.31. The molecule has 0 bridgehead atoms. The van der Waals surface area contributed by atoms with Crippen LogP contribution in [0.5, 0.6) is 0 Å². The molecule has 0 spiro atoms. The van der Waals surface area contributed by atoms with Crippen LogP contribution in [0, 0.1) is 6.92 Å². The Bertz CT molecular complexity index is 1100. The van der Waals surface area contributed by atoms with Crippen molar-refractivity contribution in [2.24, 2.45) is 0 Å². The van der Waals surface area contributed by atoms with Gasteiger partial charge in [0.05, 0.1) is 0 Å². The van der Waals surface area contributed by atoms with Gasteiger partial charge in [0.1, 0.15) is 0 Å². The Hall–Kier alpha value is -2.76. The summed E-state index contributed by atoms with van der Waals surface area (Å²) in [5.74, 6) is 1.08. The maximum atomic E-state index is 11.3. The number of piperazine rings is 1. The molecular weight excluding hydrogens is 468 g/mol. The van der Waals surface area contributed by atoms with Gasteiger partial charge >= 0.3 is 0 Å². The monoisotopic (exact) mass is 498 g/mol. The lowest BCUT2D eigenvalue weighted by atomic mass is 10.2. The lowest BCUT2D eigenvalue weighted by molar-refractivity contribution is -0.114. The maximum absolute atomic E-state index is 11.3. The van der Waals surface area contributed by atoms with Crippen LogP contribution >= 0.6 is 23.1 Å². The van der Waals surface area contributed by atoms with Gasteiger partial charge in [-0.3, -0.25) is 15.0 Å². The van der Waals surface area contributed by atoms with Crippen LogP contribution in [0.1, 0.15) is 31.6 Å². The van der Waals surface area contributed by atoms with Crippen molar-refractivity contribution in [3.63, 3.8) is 0 Å². The first-order valence-corrected chi connectivity index (χ1v) is 13.1. The number of carbonyl (C=O) groups excluding carboxylic acids is 1. The molecule has 0 unspecified atom stereocenters. The summed E-state index contributed by atoms with van der Waals surface area (Å²) < 4.78 is 0. The van der Waals surface area contributed by atoms with Gasteiger partial charge in [0.2, 0.25) is 17.8 Å². The van der Waals surface area contributed by atoms with Gasteiger partial charge < -0.3 is 10.2 Å². The number of hydrogen-bond acceptors (Lipinski definition) is 10. The second-order valence-corrected chi connectivity index (χ2v) is 10.4. The van der Waals surface area contributed by atoms with Crippen molar-refractivity contribution < 1.29 is 4.79 Å². The van der Waals surface area contributed by atoms with Crippen molar-refractivity contribution in [3.8, 4) is 0 Å². The van der Waals surface area contributed by atoms with Crippen LogP contribution in [0.2, 0.25) is 0 Å². The number of nitrogens with one attached hydrogen (secondary N) is 2. The minimum absolute atomic E-state index is 0.0922. The van der Waals surface area contributed by atoms with E-state index >= 15 is 0 Å². The number of rotatable bonds is 9. The molecule has 3 heterocycles. The van der Waals surface area contributed by atoms with Gasteiger partial charge in [0.15, 0.2) is 10.3 Å². The van der Waals surface area contributed by atoms with Crippen LogP contribution in [0.3, 0.4) is 0 Å². The average molecular weight is 499 g/mol. The van der Waals surface area contributed by atoms with E-state index in [2.05, 4.69) is 37.3 Å². The van der Waals surface area contributed by atoms with Crippen LogP contribution in [0.15, 0.2) is 40.5 Å². The van der Waals surface area contributed by atoms with Crippen LogP contribution < -0.4 is 15.5 Å². The van der Waals surface area contributed by atoms with Gasteiger partial charge in [-0.05, 0) is 55.9 Å². The summed E-state index contributed by atoms with van der Waals surface area (Å²) in [7, 11) is 0. The Morgan fingerprint density at radius 2 is 1.88 bits per heavy atom. The fraction of sp³-hybridized carbons (Fsp3) is 0.435. The number of benzene rings is 1. The van der Waals surface area contributed by atoms with Gasteiger partial charge in [-0.1, -0.05) is 13.3 Å². The van der Waals surface area contributed by atoms with E-state index in [1.807, 2.05) is 37.4 Å². The summed E-state index contributed by atoms with van der Waals surface area (Å²) in [6, 6.07) is 7.64. The van der Waals surface area contributed by atoms with E-state index in [0.29, 0.717) is 17.1 Å². The van der Waals surface area contributed by atoms with Gasteiger partial charge in [-0.15, -0.1) is 11.3 Å². The summed E-state index contributed by atoms with van der Waals surface area (Å²) in [4.78, 5) is 36.6. The second-order valence-electron chi connectivity index (χ2n) is 8.13. The number of thiazole rings is 1. The van der Waals surface area contributed by atoms with Crippen molar-refractivity contribution in [1.29, 1.82) is 0 Å². The third kappa shape index (κ3) is 6.87. The number of unbranched alkanes of at least 4 members (excludes halogenated alkanes) is 1. The van der Waals surface area contributed by atoms with Crippen molar-refractivity contribution in [2.45, 2.75) is 43.7 Å². The Labute approximate surface area is 208 Å². The topological polar surface area (TPSA) is 99.2 Å². The van der Waals surface area contributed by atoms with Gasteiger partial charge in [0, 0.05) is 54.8 Å². The minimum atomic E-state index is -0.0922. The van der Waals surface area contributed by atoms with Crippen molar-refractivity contribution >= 4 is 51.7 Å². The zero-order valence-corrected chi connectivity index (χ0v) is 21.4. The van der Waals surface area contributed by atoms with E-state index in [-0.39, 0.29) is 5.91 Å². The Morgan fingerprint density at radius 1 is 1.12 bits per heavy atom. The number of carbonyl (C=O) groups is 1. The largest absolute Gasteiger partial charge is 0.338 e. The molecule has 180 valence electrons. The van der Waals surface area contributed by atoms with Gasteiger partial charge in [-0.2, -0.15) is 15.0 Å². The van der Waals surface area contributed by atoms with Crippen molar-refractivity contribution in [2.75, 3.05) is 48.3 Å². The maximum Gasteiger partial charge on any atom is 0.234 e. The van der Waals surface area contributed by atoms with Gasteiger partial charge in [-0.25, -0.2) is 4.98 Å². The summed E-state index contributed by atoms with van der Waals surface area (Å²) in [6.07, 6.45) is 4.27. The number of nitrogens with zero attached hydrogens (tertiary/aromatic N) is 6. The highest BCUT2D eigenvalue weighted by Gasteiger charge is 2.21. The molecule has 9 nitrogen and oxygen atoms in total. The zero-order valence-electron chi connectivity index (χ0n) is 19.7. The first kappa shape index (κ1) is 24.4. The number of anilines is 4. The highest BCUT2D eigenvalue weighted by Crippen LogP contribution is 2.29. The van der Waals surface area contributed by atoms with Crippen molar-refractivity contribution in [1.82, 2.24) is 24.8 Å². The van der Waals surface area contributed by atoms with Crippen molar-refractivity contribution in [3.05, 3.63) is 35.3 Å². The molecule has 1 aromatic carbocycles. The molecule has 0 radical (unpaired) electrons. The molecule has 2 N–H and O–H groups in total. The molecular formula is C23H30N8OS2. The summed E-state index contributed by atoms with van der Waals surface area (Å²) >= 11 is 3.03. The molecule has 1 saturated heterocycles. The van der Waals surface area contributed by atoms with E-state index in [0.717, 1.165) is 53.3 Å². The standard InChI is InChI=1S/C23H30N8OS2/c1-4-5-10-30-11-13-31(14-12-30)21-26-20(27-22-24-15-16(2)33-22)28-23(29-21)34-19-8-6-18(7-9-19)25-17(3)32/h6-9,15H,4-5,10-14H2,1-3H3,(H,25,32)(H,24,26,27,28,29). The lowest BCUT2D eigenvalue weighted by Gasteiger charge is -2.34. The molecule has 0 aliphatic carbocycles. The Kier molecular flexibility index (Phi) is 8.30. The second kappa shape index (κ2) is 11.6. The predicted molar refractivity (Wildman–Crippen MR) is 138 cm³/mol. The number of amides is 1.